The first-order chi connectivity index (χ1) is 19.0. The Morgan fingerprint density at radius 2 is 1.48 bits per heavy atom. The summed E-state index contributed by atoms with van der Waals surface area (Å²) < 4.78 is 26.8. The van der Waals surface area contributed by atoms with Crippen molar-refractivity contribution in [2.24, 2.45) is 0 Å². The van der Waals surface area contributed by atoms with Crippen LogP contribution in [-0.2, 0) is 32.6 Å². The molecule has 0 heterocycles. The summed E-state index contributed by atoms with van der Waals surface area (Å²) in [6.07, 6.45) is 1.97. The number of rotatable bonds is 13. The molecule has 3 rings (SSSR count). The van der Waals surface area contributed by atoms with Gasteiger partial charge in [-0.25, -0.2) is 8.42 Å². The minimum Gasteiger partial charge on any atom is -0.352 e. The van der Waals surface area contributed by atoms with Crippen molar-refractivity contribution in [3.05, 3.63) is 101 Å². The molecule has 0 bridgehead atoms. The lowest BCUT2D eigenvalue weighted by molar-refractivity contribution is -0.141. The lowest BCUT2D eigenvalue weighted by Gasteiger charge is -2.32. The Bertz CT molecular complexity index is 1380. The van der Waals surface area contributed by atoms with Crippen molar-refractivity contribution >= 4 is 27.5 Å². The normalized spacial score (nSPS) is 12.2. The van der Waals surface area contributed by atoms with Crippen molar-refractivity contribution in [3.8, 4) is 0 Å². The molecule has 3 aromatic carbocycles. The van der Waals surface area contributed by atoms with E-state index < -0.39 is 16.1 Å². The number of carbonyl (C=O) groups excluding carboxylic acids is 2. The molecular weight excluding hydrogens is 522 g/mol. The van der Waals surface area contributed by atoms with E-state index in [1.54, 1.807) is 4.90 Å². The van der Waals surface area contributed by atoms with Crippen LogP contribution >= 0.6 is 0 Å². The van der Waals surface area contributed by atoms with E-state index in [0.29, 0.717) is 18.5 Å². The number of aryl methyl sites for hydroxylation is 2. The SMILES string of the molecule is Cc1ccc(C)c(N(CCCC(=O)N(Cc2ccccc2)C(Cc2ccccc2)C(=O)NC(C)C)S(C)(=O)=O)c1. The number of carbonyl (C=O) groups is 2. The van der Waals surface area contributed by atoms with E-state index in [-0.39, 0.29) is 37.4 Å². The van der Waals surface area contributed by atoms with Crippen molar-refractivity contribution in [2.45, 2.75) is 65.6 Å². The highest BCUT2D eigenvalue weighted by atomic mass is 32.2. The third kappa shape index (κ3) is 8.95. The molecule has 0 spiro atoms. The predicted octanol–water partition coefficient (Wildman–Crippen LogP) is 5.01. The fourth-order valence-corrected chi connectivity index (χ4v) is 5.70. The Morgan fingerprint density at radius 1 is 0.875 bits per heavy atom. The second-order valence-corrected chi connectivity index (χ2v) is 12.5. The highest BCUT2D eigenvalue weighted by molar-refractivity contribution is 7.92. The van der Waals surface area contributed by atoms with E-state index in [9.17, 15) is 18.0 Å². The van der Waals surface area contributed by atoms with Gasteiger partial charge in [-0.2, -0.15) is 0 Å². The van der Waals surface area contributed by atoms with E-state index in [4.69, 9.17) is 0 Å². The van der Waals surface area contributed by atoms with Crippen LogP contribution in [0, 0.1) is 13.8 Å². The molecule has 0 saturated carbocycles. The molecule has 0 radical (unpaired) electrons. The summed E-state index contributed by atoms with van der Waals surface area (Å²) in [5, 5.41) is 2.99. The number of benzene rings is 3. The summed E-state index contributed by atoms with van der Waals surface area (Å²) in [5.74, 6) is -0.408. The molecule has 1 atom stereocenters. The van der Waals surface area contributed by atoms with Gasteiger partial charge in [0.05, 0.1) is 11.9 Å². The Labute approximate surface area is 239 Å². The molecule has 2 amide bonds. The Balaban J connectivity index is 1.88. The second kappa shape index (κ2) is 14.1. The van der Waals surface area contributed by atoms with Gasteiger partial charge in [-0.1, -0.05) is 72.8 Å². The third-order valence-corrected chi connectivity index (χ3v) is 7.86. The molecule has 3 aromatic rings. The number of anilines is 1. The number of hydrogen-bond donors (Lipinski definition) is 1. The average Bonchev–Trinajstić information content (AvgIpc) is 2.90. The van der Waals surface area contributed by atoms with Gasteiger partial charge in [-0.15, -0.1) is 0 Å². The molecule has 1 N–H and O–H groups in total. The topological polar surface area (TPSA) is 86.8 Å². The molecular formula is C32H41N3O4S. The number of sulfonamides is 1. The summed E-state index contributed by atoms with van der Waals surface area (Å²) in [7, 11) is -3.56. The Kier molecular flexibility index (Phi) is 10.9. The highest BCUT2D eigenvalue weighted by Crippen LogP contribution is 2.25. The van der Waals surface area contributed by atoms with E-state index in [1.807, 2.05) is 107 Å². The molecule has 0 aliphatic carbocycles. The van der Waals surface area contributed by atoms with Crippen LogP contribution in [0.2, 0.25) is 0 Å². The molecule has 7 nitrogen and oxygen atoms in total. The zero-order chi connectivity index (χ0) is 29.3. The third-order valence-electron chi connectivity index (χ3n) is 6.68. The number of nitrogens with zero attached hydrogens (tertiary/aromatic N) is 2. The van der Waals surface area contributed by atoms with Gasteiger partial charge in [0.25, 0.3) is 0 Å². The standard InChI is InChI=1S/C32H41N3O4S/c1-24(2)33-32(37)30(22-27-13-8-6-9-14-27)34(23-28-15-10-7-11-16-28)31(36)17-12-20-35(40(5,38)39)29-21-25(3)18-19-26(29)4/h6-11,13-16,18-19,21,24,30H,12,17,20,22-23H2,1-5H3,(H,33,37). The van der Waals surface area contributed by atoms with Gasteiger partial charge < -0.3 is 10.2 Å². The lowest BCUT2D eigenvalue weighted by atomic mass is 10.0. The van der Waals surface area contributed by atoms with Crippen LogP contribution in [0.3, 0.4) is 0 Å². The summed E-state index contributed by atoms with van der Waals surface area (Å²) in [5.41, 5.74) is 4.30. The molecule has 40 heavy (non-hydrogen) atoms. The van der Waals surface area contributed by atoms with E-state index in [1.165, 1.54) is 10.6 Å². The van der Waals surface area contributed by atoms with Crippen LogP contribution in [0.1, 0.15) is 48.9 Å². The van der Waals surface area contributed by atoms with Gasteiger partial charge >= 0.3 is 0 Å². The molecule has 0 aliphatic heterocycles. The van der Waals surface area contributed by atoms with Gasteiger partial charge in [0.15, 0.2) is 0 Å². The van der Waals surface area contributed by atoms with Gasteiger partial charge in [0.2, 0.25) is 21.8 Å². The summed E-state index contributed by atoms with van der Waals surface area (Å²) in [4.78, 5) is 28.9. The Morgan fingerprint density at radius 3 is 2.05 bits per heavy atom. The summed E-state index contributed by atoms with van der Waals surface area (Å²) in [6, 6.07) is 24.2. The van der Waals surface area contributed by atoms with Crippen LogP contribution in [-0.4, -0.2) is 50.0 Å². The van der Waals surface area contributed by atoms with Crippen molar-refractivity contribution in [2.75, 3.05) is 17.1 Å². The monoisotopic (exact) mass is 563 g/mol. The van der Waals surface area contributed by atoms with Gasteiger partial charge in [0, 0.05) is 32.0 Å². The van der Waals surface area contributed by atoms with Crippen LogP contribution in [0.15, 0.2) is 78.9 Å². The fourth-order valence-electron chi connectivity index (χ4n) is 4.69. The van der Waals surface area contributed by atoms with Gasteiger partial charge in [-0.05, 0) is 62.4 Å². The number of amides is 2. The van der Waals surface area contributed by atoms with Crippen LogP contribution in [0.4, 0.5) is 5.69 Å². The largest absolute Gasteiger partial charge is 0.352 e. The Hall–Kier alpha value is -3.65. The quantitative estimate of drug-likeness (QED) is 0.317. The molecule has 0 saturated heterocycles. The maximum absolute atomic E-state index is 13.8. The number of hydrogen-bond acceptors (Lipinski definition) is 4. The van der Waals surface area contributed by atoms with Crippen molar-refractivity contribution in [3.63, 3.8) is 0 Å². The van der Waals surface area contributed by atoms with Crippen LogP contribution in [0.5, 0.6) is 0 Å². The smallest absolute Gasteiger partial charge is 0.243 e. The van der Waals surface area contributed by atoms with E-state index in [0.717, 1.165) is 22.3 Å². The summed E-state index contributed by atoms with van der Waals surface area (Å²) >= 11 is 0. The summed E-state index contributed by atoms with van der Waals surface area (Å²) in [6.45, 7) is 8.03. The predicted molar refractivity (Wildman–Crippen MR) is 162 cm³/mol. The van der Waals surface area contributed by atoms with E-state index in [2.05, 4.69) is 5.32 Å². The van der Waals surface area contributed by atoms with Crippen molar-refractivity contribution in [1.29, 1.82) is 0 Å². The zero-order valence-electron chi connectivity index (χ0n) is 24.1. The first kappa shape index (κ1) is 30.9. The first-order valence-electron chi connectivity index (χ1n) is 13.7. The molecule has 0 fully saturated rings. The minimum absolute atomic E-state index is 0.0830. The lowest BCUT2D eigenvalue weighted by Crippen LogP contribution is -2.51. The maximum atomic E-state index is 13.8. The molecule has 214 valence electrons. The van der Waals surface area contributed by atoms with Gasteiger partial charge in [0.1, 0.15) is 6.04 Å². The van der Waals surface area contributed by atoms with Crippen LogP contribution in [0.25, 0.3) is 0 Å². The highest BCUT2D eigenvalue weighted by Gasteiger charge is 2.31. The fraction of sp³-hybridized carbons (Fsp3) is 0.375. The molecule has 1 unspecified atom stereocenters. The van der Waals surface area contributed by atoms with Gasteiger partial charge in [-0.3, -0.25) is 13.9 Å². The first-order valence-corrected chi connectivity index (χ1v) is 15.5. The van der Waals surface area contributed by atoms with Crippen LogP contribution < -0.4 is 9.62 Å². The second-order valence-electron chi connectivity index (χ2n) is 10.6. The van der Waals surface area contributed by atoms with E-state index >= 15 is 0 Å². The van der Waals surface area contributed by atoms with Crippen molar-refractivity contribution < 1.29 is 18.0 Å². The zero-order valence-corrected chi connectivity index (χ0v) is 24.9. The average molecular weight is 564 g/mol. The minimum atomic E-state index is -3.56. The maximum Gasteiger partial charge on any atom is 0.243 e. The molecule has 8 heteroatoms. The van der Waals surface area contributed by atoms with Crippen molar-refractivity contribution in [1.82, 2.24) is 10.2 Å². The molecule has 0 aromatic heterocycles. The molecule has 0 aliphatic rings. The number of nitrogens with one attached hydrogen (secondary N) is 1.